The number of sulfone groups is 1. The maximum absolute atomic E-state index is 12.2. The second kappa shape index (κ2) is 7.56. The van der Waals surface area contributed by atoms with Gasteiger partial charge in [0.15, 0.2) is 15.8 Å². The first-order valence-electron chi connectivity index (χ1n) is 8.53. The van der Waals surface area contributed by atoms with E-state index in [1.54, 1.807) is 27.0 Å². The van der Waals surface area contributed by atoms with Gasteiger partial charge in [-0.3, -0.25) is 4.99 Å². The summed E-state index contributed by atoms with van der Waals surface area (Å²) in [6.45, 7) is 9.24. The van der Waals surface area contributed by atoms with Gasteiger partial charge in [0.2, 0.25) is 0 Å². The summed E-state index contributed by atoms with van der Waals surface area (Å²) in [5.41, 5.74) is 0.859. The lowest BCUT2D eigenvalue weighted by atomic mass is 9.84. The van der Waals surface area contributed by atoms with Crippen LogP contribution in [0.25, 0.3) is 0 Å². The van der Waals surface area contributed by atoms with Crippen molar-refractivity contribution in [3.8, 4) is 0 Å². The van der Waals surface area contributed by atoms with Gasteiger partial charge in [0.25, 0.3) is 0 Å². The summed E-state index contributed by atoms with van der Waals surface area (Å²) in [6, 6.07) is 5.65. The van der Waals surface area contributed by atoms with E-state index in [-0.39, 0.29) is 11.2 Å². The van der Waals surface area contributed by atoms with E-state index in [0.717, 1.165) is 5.56 Å². The van der Waals surface area contributed by atoms with E-state index in [1.165, 1.54) is 0 Å². The quantitative estimate of drug-likeness (QED) is 0.602. The van der Waals surface area contributed by atoms with E-state index < -0.39 is 14.6 Å². The molecule has 0 saturated carbocycles. The van der Waals surface area contributed by atoms with Gasteiger partial charge in [-0.05, 0) is 31.5 Å². The standard InChI is InChI=1S/C18H27Cl2N3O2S/c1-17(2,13-6-7-14(19)15(20)10-13)11-22-16(21-5)23-8-9-26(24,25)18(3,4)12-23/h6-7,10H,8-9,11-12H2,1-5H3,(H,21,22). The summed E-state index contributed by atoms with van der Waals surface area (Å²) >= 11 is 12.2. The maximum atomic E-state index is 12.2. The third kappa shape index (κ3) is 4.46. The Kier molecular flexibility index (Phi) is 6.20. The van der Waals surface area contributed by atoms with Crippen molar-refractivity contribution in [1.82, 2.24) is 10.2 Å². The van der Waals surface area contributed by atoms with Crippen molar-refractivity contribution < 1.29 is 8.42 Å². The first kappa shape index (κ1) is 21.3. The fourth-order valence-electron chi connectivity index (χ4n) is 2.98. The molecule has 0 bridgehead atoms. The summed E-state index contributed by atoms with van der Waals surface area (Å²) in [4.78, 5) is 6.35. The molecule has 0 aromatic heterocycles. The molecule has 2 rings (SSSR count). The molecule has 0 radical (unpaired) electrons. The lowest BCUT2D eigenvalue weighted by Gasteiger charge is -2.40. The fourth-order valence-corrected chi connectivity index (χ4v) is 4.64. The van der Waals surface area contributed by atoms with E-state index in [1.807, 2.05) is 17.0 Å². The van der Waals surface area contributed by atoms with Gasteiger partial charge in [0, 0.05) is 32.1 Å². The number of halogens is 2. The minimum Gasteiger partial charge on any atom is -0.355 e. The zero-order valence-corrected chi connectivity index (χ0v) is 18.3. The predicted molar refractivity (Wildman–Crippen MR) is 110 cm³/mol. The average molecular weight is 420 g/mol. The van der Waals surface area contributed by atoms with Crippen LogP contribution in [0.4, 0.5) is 0 Å². The Balaban J connectivity index is 2.10. The molecule has 1 aromatic carbocycles. The van der Waals surface area contributed by atoms with E-state index in [9.17, 15) is 8.42 Å². The van der Waals surface area contributed by atoms with Crippen molar-refractivity contribution in [2.75, 3.05) is 32.4 Å². The SMILES string of the molecule is CN=C(NCC(C)(C)c1ccc(Cl)c(Cl)c1)N1CCS(=O)(=O)C(C)(C)C1. The predicted octanol–water partition coefficient (Wildman–Crippen LogP) is 3.36. The van der Waals surface area contributed by atoms with E-state index in [0.29, 0.717) is 35.6 Å². The summed E-state index contributed by atoms with van der Waals surface area (Å²) in [6.07, 6.45) is 0. The summed E-state index contributed by atoms with van der Waals surface area (Å²) in [5.74, 6) is 0.845. The number of hydrogen-bond donors (Lipinski definition) is 1. The number of guanidine groups is 1. The monoisotopic (exact) mass is 419 g/mol. The number of hydrogen-bond acceptors (Lipinski definition) is 3. The zero-order chi connectivity index (χ0) is 19.8. The van der Waals surface area contributed by atoms with Gasteiger partial charge in [-0.25, -0.2) is 8.42 Å². The third-order valence-electron chi connectivity index (χ3n) is 4.94. The highest BCUT2D eigenvalue weighted by molar-refractivity contribution is 7.92. The summed E-state index contributed by atoms with van der Waals surface area (Å²) in [7, 11) is -1.37. The van der Waals surface area contributed by atoms with Crippen molar-refractivity contribution in [3.63, 3.8) is 0 Å². The van der Waals surface area contributed by atoms with Crippen LogP contribution in [0.3, 0.4) is 0 Å². The Bertz CT molecular complexity index is 805. The van der Waals surface area contributed by atoms with Crippen molar-refractivity contribution in [2.45, 2.75) is 37.9 Å². The van der Waals surface area contributed by atoms with Crippen LogP contribution in [0.15, 0.2) is 23.2 Å². The highest BCUT2D eigenvalue weighted by Gasteiger charge is 2.41. The van der Waals surface area contributed by atoms with Crippen molar-refractivity contribution in [1.29, 1.82) is 0 Å². The Morgan fingerprint density at radius 1 is 1.31 bits per heavy atom. The Morgan fingerprint density at radius 2 is 1.96 bits per heavy atom. The molecule has 0 amide bonds. The molecule has 146 valence electrons. The van der Waals surface area contributed by atoms with Crippen LogP contribution in [0.5, 0.6) is 0 Å². The number of nitrogens with zero attached hydrogens (tertiary/aromatic N) is 2. The molecule has 1 aromatic rings. The minimum atomic E-state index is -3.08. The van der Waals surface area contributed by atoms with Crippen LogP contribution in [0, 0.1) is 0 Å². The minimum absolute atomic E-state index is 0.136. The van der Waals surface area contributed by atoms with Gasteiger partial charge < -0.3 is 10.2 Å². The molecule has 26 heavy (non-hydrogen) atoms. The molecule has 1 fully saturated rings. The number of rotatable bonds is 3. The molecular formula is C18H27Cl2N3O2S. The maximum Gasteiger partial charge on any atom is 0.193 e. The second-order valence-electron chi connectivity index (χ2n) is 7.91. The molecular weight excluding hydrogens is 393 g/mol. The van der Waals surface area contributed by atoms with E-state index in [2.05, 4.69) is 24.2 Å². The second-order valence-corrected chi connectivity index (χ2v) is 11.5. The van der Waals surface area contributed by atoms with Gasteiger partial charge >= 0.3 is 0 Å². The Labute approximate surface area is 166 Å². The molecule has 0 aliphatic carbocycles. The topological polar surface area (TPSA) is 61.8 Å². The zero-order valence-electron chi connectivity index (χ0n) is 15.9. The summed E-state index contributed by atoms with van der Waals surface area (Å²) < 4.78 is 23.6. The van der Waals surface area contributed by atoms with Crippen LogP contribution in [-0.4, -0.2) is 56.5 Å². The number of aliphatic imine (C=N–C) groups is 1. The van der Waals surface area contributed by atoms with Gasteiger partial charge in [0.05, 0.1) is 20.5 Å². The average Bonchev–Trinajstić information content (AvgIpc) is 2.53. The summed E-state index contributed by atoms with van der Waals surface area (Å²) in [5, 5.41) is 4.45. The molecule has 8 heteroatoms. The molecule has 1 heterocycles. The van der Waals surface area contributed by atoms with Crippen LogP contribution < -0.4 is 5.32 Å². The fraction of sp³-hybridized carbons (Fsp3) is 0.611. The first-order chi connectivity index (χ1) is 11.9. The van der Waals surface area contributed by atoms with Crippen LogP contribution in [-0.2, 0) is 15.3 Å². The van der Waals surface area contributed by atoms with E-state index in [4.69, 9.17) is 23.2 Å². The smallest absolute Gasteiger partial charge is 0.193 e. The highest BCUT2D eigenvalue weighted by atomic mass is 35.5. The molecule has 0 atom stereocenters. The van der Waals surface area contributed by atoms with Crippen molar-refractivity contribution in [2.24, 2.45) is 4.99 Å². The van der Waals surface area contributed by atoms with Gasteiger partial charge in [-0.1, -0.05) is 43.1 Å². The molecule has 1 saturated heterocycles. The van der Waals surface area contributed by atoms with Crippen LogP contribution >= 0.6 is 23.2 Å². The van der Waals surface area contributed by atoms with Crippen LogP contribution in [0.1, 0.15) is 33.3 Å². The highest BCUT2D eigenvalue weighted by Crippen LogP contribution is 2.30. The lowest BCUT2D eigenvalue weighted by molar-refractivity contribution is 0.349. The van der Waals surface area contributed by atoms with Gasteiger partial charge in [0.1, 0.15) is 0 Å². The third-order valence-corrected chi connectivity index (χ3v) is 8.22. The Morgan fingerprint density at radius 3 is 2.50 bits per heavy atom. The molecule has 1 N–H and O–H groups in total. The molecule has 1 aliphatic rings. The molecule has 0 unspecified atom stereocenters. The lowest BCUT2D eigenvalue weighted by Crippen LogP contribution is -2.58. The van der Waals surface area contributed by atoms with Crippen molar-refractivity contribution >= 4 is 39.0 Å². The number of benzene rings is 1. The van der Waals surface area contributed by atoms with Crippen molar-refractivity contribution in [3.05, 3.63) is 33.8 Å². The van der Waals surface area contributed by atoms with E-state index >= 15 is 0 Å². The van der Waals surface area contributed by atoms with Gasteiger partial charge in [-0.2, -0.15) is 0 Å². The van der Waals surface area contributed by atoms with Crippen LogP contribution in [0.2, 0.25) is 10.0 Å². The number of nitrogens with one attached hydrogen (secondary N) is 1. The molecule has 1 aliphatic heterocycles. The van der Waals surface area contributed by atoms with Gasteiger partial charge in [-0.15, -0.1) is 0 Å². The Hall–Kier alpha value is -0.980. The normalized spacial score (nSPS) is 20.1. The molecule has 5 nitrogen and oxygen atoms in total. The largest absolute Gasteiger partial charge is 0.355 e. The molecule has 0 spiro atoms. The first-order valence-corrected chi connectivity index (χ1v) is 10.9.